The Morgan fingerprint density at radius 3 is 3.33 bits per heavy atom. The number of hydrogen-bond acceptors (Lipinski definition) is 0. The van der Waals surface area contributed by atoms with E-state index >= 15 is 0 Å². The molecule has 0 aromatic rings. The molecule has 0 amide bonds. The Morgan fingerprint density at radius 1 is 1.44 bits per heavy atom. The fourth-order valence-corrected chi connectivity index (χ4v) is 1.51. The second-order valence-corrected chi connectivity index (χ2v) is 2.63. The summed E-state index contributed by atoms with van der Waals surface area (Å²) in [5, 5.41) is 0. The van der Waals surface area contributed by atoms with Gasteiger partial charge in [-0.3, -0.25) is 0 Å². The maximum Gasteiger partial charge on any atom is 0.138 e. The van der Waals surface area contributed by atoms with Gasteiger partial charge in [0.25, 0.3) is 0 Å². The smallest absolute Gasteiger partial charge is 0.0889 e. The Hall–Kier alpha value is -0.715. The monoisotopic (exact) mass is 116 g/mol. The quantitative estimate of drug-likeness (QED) is 0.422. The fraction of sp³-hybridized carbons (Fsp3) is 0.250. The van der Waals surface area contributed by atoms with Gasteiger partial charge < -0.3 is 0 Å². The highest BCUT2D eigenvalue weighted by Gasteiger charge is 2.16. The van der Waals surface area contributed by atoms with Crippen molar-refractivity contribution in [3.63, 3.8) is 0 Å². The Labute approximate surface area is 56.2 Å². The molecule has 0 saturated heterocycles. The highest BCUT2D eigenvalue weighted by molar-refractivity contribution is 6.42. The summed E-state index contributed by atoms with van der Waals surface area (Å²) in [5.41, 5.74) is 1.53. The summed E-state index contributed by atoms with van der Waals surface area (Å²) in [6, 6.07) is 0. The minimum Gasteiger partial charge on any atom is -0.0889 e. The third-order valence-electron chi connectivity index (χ3n) is 2.03. The van der Waals surface area contributed by atoms with Crippen LogP contribution in [0.5, 0.6) is 0 Å². The number of rotatable bonds is 0. The third kappa shape index (κ3) is 0.767. The summed E-state index contributed by atoms with van der Waals surface area (Å²) in [6.07, 6.45) is 12.4. The van der Waals surface area contributed by atoms with Crippen molar-refractivity contribution >= 4 is 7.28 Å². The van der Waals surface area contributed by atoms with Gasteiger partial charge in [-0.2, -0.15) is 0 Å². The van der Waals surface area contributed by atoms with Gasteiger partial charge >= 0.3 is 0 Å². The van der Waals surface area contributed by atoms with Gasteiger partial charge in [-0.05, 0) is 5.82 Å². The van der Waals surface area contributed by atoms with Gasteiger partial charge in [0.05, 0.1) is 0 Å². The van der Waals surface area contributed by atoms with Crippen LogP contribution in [0.2, 0.25) is 12.1 Å². The molecule has 0 spiro atoms. The van der Waals surface area contributed by atoms with E-state index in [0.29, 0.717) is 0 Å². The molecule has 1 unspecified atom stereocenters. The van der Waals surface area contributed by atoms with Crippen LogP contribution in [0.4, 0.5) is 0 Å². The zero-order valence-corrected chi connectivity index (χ0v) is 5.38. The predicted molar refractivity (Wildman–Crippen MR) is 42.1 cm³/mol. The fourth-order valence-electron chi connectivity index (χ4n) is 1.51. The van der Waals surface area contributed by atoms with Crippen molar-refractivity contribution < 1.29 is 0 Å². The van der Waals surface area contributed by atoms with Crippen LogP contribution in [0.25, 0.3) is 0 Å². The van der Waals surface area contributed by atoms with Crippen LogP contribution in [0.15, 0.2) is 36.0 Å². The van der Waals surface area contributed by atoms with Crippen LogP contribution in [-0.2, 0) is 0 Å². The lowest BCUT2D eigenvalue weighted by Crippen LogP contribution is -1.95. The van der Waals surface area contributed by atoms with Gasteiger partial charge in [-0.1, -0.05) is 42.3 Å². The average Bonchev–Trinajstić information content (AvgIpc) is 2.33. The first-order valence-corrected chi connectivity index (χ1v) is 3.52. The second kappa shape index (κ2) is 1.91. The third-order valence-corrected chi connectivity index (χ3v) is 2.03. The van der Waals surface area contributed by atoms with Crippen molar-refractivity contribution in [1.29, 1.82) is 0 Å². The van der Waals surface area contributed by atoms with Crippen LogP contribution in [0, 0.1) is 0 Å². The molecule has 0 N–H and O–H groups in total. The van der Waals surface area contributed by atoms with Gasteiger partial charge in [0.15, 0.2) is 0 Å². The predicted octanol–water partition coefficient (Wildman–Crippen LogP) is 1.70. The van der Waals surface area contributed by atoms with Crippen LogP contribution >= 0.6 is 0 Å². The molecule has 1 heteroatoms. The molecule has 0 fully saturated rings. The maximum absolute atomic E-state index is 2.34. The van der Waals surface area contributed by atoms with Crippen LogP contribution < -0.4 is 0 Å². The summed E-state index contributed by atoms with van der Waals surface area (Å²) in [4.78, 5) is 0. The van der Waals surface area contributed by atoms with Gasteiger partial charge in [-0.15, -0.1) is 0 Å². The summed E-state index contributed by atoms with van der Waals surface area (Å²) >= 11 is 0. The van der Waals surface area contributed by atoms with E-state index < -0.39 is 0 Å². The molecule has 44 valence electrons. The van der Waals surface area contributed by atoms with E-state index in [2.05, 4.69) is 30.4 Å². The normalized spacial score (nSPS) is 29.3. The van der Waals surface area contributed by atoms with Crippen molar-refractivity contribution in [1.82, 2.24) is 0 Å². The van der Waals surface area contributed by atoms with Crippen molar-refractivity contribution in [2.45, 2.75) is 12.1 Å². The minimum absolute atomic E-state index is 0.759. The van der Waals surface area contributed by atoms with E-state index in [1.54, 1.807) is 0 Å². The van der Waals surface area contributed by atoms with Crippen molar-refractivity contribution in [2.75, 3.05) is 0 Å². The minimum atomic E-state index is 0.759. The van der Waals surface area contributed by atoms with Gasteiger partial charge in [0.1, 0.15) is 7.28 Å². The number of fused-ring (bicyclic) bond motifs is 1. The Bertz CT molecular complexity index is 196. The summed E-state index contributed by atoms with van der Waals surface area (Å²) in [5.74, 6) is 0.759. The molecule has 1 heterocycles. The highest BCUT2D eigenvalue weighted by atomic mass is 14.1. The molecule has 0 saturated carbocycles. The topological polar surface area (TPSA) is 0 Å². The summed E-state index contributed by atoms with van der Waals surface area (Å²) < 4.78 is 0. The van der Waals surface area contributed by atoms with Gasteiger partial charge in [0, 0.05) is 0 Å². The molecule has 0 aromatic carbocycles. The average molecular weight is 116 g/mol. The lowest BCUT2D eigenvalue weighted by molar-refractivity contribution is 1.26. The first-order chi connectivity index (χ1) is 4.47. The Kier molecular flexibility index (Phi) is 1.08. The number of hydrogen-bond donors (Lipinski definition) is 0. The zero-order valence-electron chi connectivity index (χ0n) is 5.38. The van der Waals surface area contributed by atoms with E-state index in [1.165, 1.54) is 19.2 Å². The van der Waals surface area contributed by atoms with E-state index in [-0.39, 0.29) is 0 Å². The summed E-state index contributed by atoms with van der Waals surface area (Å²) in [7, 11) is 1.33. The van der Waals surface area contributed by atoms with Crippen LogP contribution in [0.1, 0.15) is 0 Å². The summed E-state index contributed by atoms with van der Waals surface area (Å²) in [6.45, 7) is 0. The second-order valence-electron chi connectivity index (χ2n) is 2.63. The maximum atomic E-state index is 2.34. The van der Waals surface area contributed by atoms with Crippen LogP contribution in [0.3, 0.4) is 0 Å². The number of allylic oxidation sites excluding steroid dienone is 6. The van der Waals surface area contributed by atoms with Gasteiger partial charge in [0.2, 0.25) is 0 Å². The van der Waals surface area contributed by atoms with E-state index in [0.717, 1.165) is 5.82 Å². The first kappa shape index (κ1) is 5.10. The highest BCUT2D eigenvalue weighted by Crippen LogP contribution is 2.29. The Balaban J connectivity index is 2.33. The molecule has 9 heavy (non-hydrogen) atoms. The molecular formula is C8H9B. The molecule has 1 atom stereocenters. The standard InChI is InChI=1S/C8H9B/c1-2-4-8-7(3-1)5-6-9-8/h1-5,8-9H,6H2. The van der Waals surface area contributed by atoms with E-state index in [1.807, 2.05) is 0 Å². The molecule has 2 aliphatic rings. The molecule has 0 bridgehead atoms. The molecule has 2 rings (SSSR count). The largest absolute Gasteiger partial charge is 0.138 e. The van der Waals surface area contributed by atoms with E-state index in [9.17, 15) is 0 Å². The van der Waals surface area contributed by atoms with Crippen molar-refractivity contribution in [3.8, 4) is 0 Å². The van der Waals surface area contributed by atoms with Gasteiger partial charge in [-0.25, -0.2) is 0 Å². The van der Waals surface area contributed by atoms with E-state index in [4.69, 9.17) is 0 Å². The molecule has 1 aliphatic carbocycles. The molecule has 1 aliphatic heterocycles. The van der Waals surface area contributed by atoms with Crippen LogP contribution in [-0.4, -0.2) is 7.28 Å². The zero-order chi connectivity index (χ0) is 6.10. The SMILES string of the molecule is B1CC=C2C=CC=CC12. The molecule has 0 nitrogen and oxygen atoms in total. The van der Waals surface area contributed by atoms with Crippen molar-refractivity contribution in [2.24, 2.45) is 0 Å². The lowest BCUT2D eigenvalue weighted by Gasteiger charge is -2.07. The molecule has 0 aromatic heterocycles. The first-order valence-electron chi connectivity index (χ1n) is 3.52. The van der Waals surface area contributed by atoms with Crippen molar-refractivity contribution in [3.05, 3.63) is 36.0 Å². The molecule has 0 radical (unpaired) electrons. The molecular weight excluding hydrogens is 107 g/mol. The lowest BCUT2D eigenvalue weighted by atomic mass is 9.64. The Morgan fingerprint density at radius 2 is 2.44 bits per heavy atom.